The van der Waals surface area contributed by atoms with Crippen molar-refractivity contribution in [2.45, 2.75) is 13.1 Å². The van der Waals surface area contributed by atoms with E-state index in [0.717, 1.165) is 11.3 Å². The van der Waals surface area contributed by atoms with Crippen molar-refractivity contribution in [1.29, 1.82) is 0 Å². The van der Waals surface area contributed by atoms with E-state index in [0.29, 0.717) is 23.9 Å². The highest BCUT2D eigenvalue weighted by molar-refractivity contribution is 6.31. The molecule has 0 unspecified atom stereocenters. The second kappa shape index (κ2) is 7.61. The van der Waals surface area contributed by atoms with Gasteiger partial charge in [-0.1, -0.05) is 29.8 Å². The Bertz CT molecular complexity index is 821. The second-order valence-corrected chi connectivity index (χ2v) is 5.40. The fourth-order valence-electron chi connectivity index (χ4n) is 2.08. The highest BCUT2D eigenvalue weighted by Gasteiger charge is 2.09. The Morgan fingerprint density at radius 1 is 1.12 bits per heavy atom. The van der Waals surface area contributed by atoms with Crippen LogP contribution < -0.4 is 10.6 Å². The van der Waals surface area contributed by atoms with Gasteiger partial charge >= 0.3 is 0 Å². The van der Waals surface area contributed by atoms with Gasteiger partial charge in [0.2, 0.25) is 0 Å². The van der Waals surface area contributed by atoms with Crippen molar-refractivity contribution >= 4 is 23.3 Å². The molecule has 24 heavy (non-hydrogen) atoms. The number of benzene rings is 1. The Kier molecular flexibility index (Phi) is 5.08. The number of furan rings is 1. The van der Waals surface area contributed by atoms with Gasteiger partial charge in [0.15, 0.2) is 0 Å². The maximum atomic E-state index is 12.2. The van der Waals surface area contributed by atoms with Gasteiger partial charge in [0.05, 0.1) is 12.8 Å². The fourth-order valence-corrected chi connectivity index (χ4v) is 2.28. The minimum absolute atomic E-state index is 0.277. The number of aromatic nitrogens is 2. The average molecular weight is 343 g/mol. The molecule has 122 valence electrons. The summed E-state index contributed by atoms with van der Waals surface area (Å²) in [5, 5.41) is 6.48. The van der Waals surface area contributed by atoms with Gasteiger partial charge in [-0.15, -0.1) is 0 Å². The van der Waals surface area contributed by atoms with Crippen LogP contribution in [0.1, 0.15) is 21.8 Å². The van der Waals surface area contributed by atoms with Crippen LogP contribution in [0.15, 0.2) is 59.5 Å². The topological polar surface area (TPSA) is 80.0 Å². The summed E-state index contributed by atoms with van der Waals surface area (Å²) >= 11 is 6.07. The molecule has 1 aromatic carbocycles. The van der Waals surface area contributed by atoms with Crippen molar-refractivity contribution in [3.8, 4) is 0 Å². The van der Waals surface area contributed by atoms with Crippen molar-refractivity contribution in [3.05, 3.63) is 77.1 Å². The zero-order valence-corrected chi connectivity index (χ0v) is 13.5. The molecule has 0 atom stereocenters. The molecule has 0 aliphatic heterocycles. The van der Waals surface area contributed by atoms with E-state index < -0.39 is 0 Å². The van der Waals surface area contributed by atoms with Gasteiger partial charge in [0.1, 0.15) is 23.6 Å². The summed E-state index contributed by atoms with van der Waals surface area (Å²) in [6.45, 7) is 0.808. The van der Waals surface area contributed by atoms with Gasteiger partial charge < -0.3 is 15.1 Å². The number of nitrogens with zero attached hydrogens (tertiary/aromatic N) is 2. The summed E-state index contributed by atoms with van der Waals surface area (Å²) in [5.74, 6) is 1.03. The number of hydrogen-bond donors (Lipinski definition) is 2. The first-order valence-corrected chi connectivity index (χ1v) is 7.70. The molecule has 7 heteroatoms. The summed E-state index contributed by atoms with van der Waals surface area (Å²) in [6.07, 6.45) is 2.94. The van der Waals surface area contributed by atoms with Gasteiger partial charge in [-0.3, -0.25) is 4.79 Å². The van der Waals surface area contributed by atoms with E-state index in [2.05, 4.69) is 20.6 Å². The quantitative estimate of drug-likeness (QED) is 0.718. The summed E-state index contributed by atoms with van der Waals surface area (Å²) in [7, 11) is 0. The molecule has 2 heterocycles. The van der Waals surface area contributed by atoms with E-state index in [4.69, 9.17) is 16.0 Å². The predicted octanol–water partition coefficient (Wildman–Crippen LogP) is 3.27. The number of amides is 1. The predicted molar refractivity (Wildman–Crippen MR) is 90.7 cm³/mol. The van der Waals surface area contributed by atoms with Crippen LogP contribution in [0.2, 0.25) is 5.02 Å². The molecule has 6 nitrogen and oxygen atoms in total. The molecule has 3 aromatic rings. The number of rotatable bonds is 6. The molecule has 2 aromatic heterocycles. The Morgan fingerprint density at radius 2 is 2.00 bits per heavy atom. The standard InChI is InChI=1S/C17H15ClN4O2/c18-14-6-2-1-4-12(14)9-20-17(23)15-8-16(22-11-21-15)19-10-13-5-3-7-24-13/h1-8,11H,9-10H2,(H,20,23)(H,19,21,22). The first-order valence-electron chi connectivity index (χ1n) is 7.32. The fraction of sp³-hybridized carbons (Fsp3) is 0.118. The zero-order chi connectivity index (χ0) is 16.8. The van der Waals surface area contributed by atoms with Gasteiger partial charge in [-0.25, -0.2) is 9.97 Å². The van der Waals surface area contributed by atoms with Crippen molar-refractivity contribution < 1.29 is 9.21 Å². The molecular weight excluding hydrogens is 328 g/mol. The molecule has 2 N–H and O–H groups in total. The smallest absolute Gasteiger partial charge is 0.270 e. The van der Waals surface area contributed by atoms with Crippen LogP contribution >= 0.6 is 11.6 Å². The van der Waals surface area contributed by atoms with Crippen molar-refractivity contribution in [1.82, 2.24) is 15.3 Å². The van der Waals surface area contributed by atoms with Gasteiger partial charge in [0, 0.05) is 17.6 Å². The molecular formula is C17H15ClN4O2. The van der Waals surface area contributed by atoms with E-state index in [1.807, 2.05) is 30.3 Å². The lowest BCUT2D eigenvalue weighted by Crippen LogP contribution is -2.24. The number of carbonyl (C=O) groups is 1. The Morgan fingerprint density at radius 3 is 2.79 bits per heavy atom. The molecule has 0 fully saturated rings. The third kappa shape index (κ3) is 4.11. The first-order chi connectivity index (χ1) is 11.7. The number of halogens is 1. The number of carbonyl (C=O) groups excluding carboxylic acids is 1. The monoisotopic (exact) mass is 342 g/mol. The Balaban J connectivity index is 1.60. The summed E-state index contributed by atoms with van der Waals surface area (Å²) in [4.78, 5) is 20.3. The molecule has 0 aliphatic rings. The molecule has 0 aliphatic carbocycles. The Hall–Kier alpha value is -2.86. The highest BCUT2D eigenvalue weighted by Crippen LogP contribution is 2.14. The van der Waals surface area contributed by atoms with Crippen LogP contribution in [-0.2, 0) is 13.1 Å². The van der Waals surface area contributed by atoms with Crippen LogP contribution in [0, 0.1) is 0 Å². The molecule has 0 bridgehead atoms. The zero-order valence-electron chi connectivity index (χ0n) is 12.7. The lowest BCUT2D eigenvalue weighted by atomic mass is 10.2. The lowest BCUT2D eigenvalue weighted by molar-refractivity contribution is 0.0946. The highest BCUT2D eigenvalue weighted by atomic mass is 35.5. The van der Waals surface area contributed by atoms with E-state index in [1.165, 1.54) is 6.33 Å². The maximum Gasteiger partial charge on any atom is 0.270 e. The van der Waals surface area contributed by atoms with E-state index >= 15 is 0 Å². The minimum atomic E-state index is -0.293. The molecule has 0 radical (unpaired) electrons. The third-order valence-electron chi connectivity index (χ3n) is 3.32. The summed E-state index contributed by atoms with van der Waals surface area (Å²) < 4.78 is 5.23. The van der Waals surface area contributed by atoms with Gasteiger partial charge in [-0.2, -0.15) is 0 Å². The molecule has 1 amide bonds. The van der Waals surface area contributed by atoms with Crippen LogP contribution in [0.3, 0.4) is 0 Å². The number of anilines is 1. The van der Waals surface area contributed by atoms with E-state index in [9.17, 15) is 4.79 Å². The summed E-state index contributed by atoms with van der Waals surface area (Å²) in [5.41, 5.74) is 1.12. The average Bonchev–Trinajstić information content (AvgIpc) is 3.13. The van der Waals surface area contributed by atoms with Crippen molar-refractivity contribution in [3.63, 3.8) is 0 Å². The lowest BCUT2D eigenvalue weighted by Gasteiger charge is -2.08. The first kappa shape index (κ1) is 16.0. The summed E-state index contributed by atoms with van der Waals surface area (Å²) in [6, 6.07) is 12.6. The van der Waals surface area contributed by atoms with E-state index in [-0.39, 0.29) is 11.6 Å². The van der Waals surface area contributed by atoms with Crippen molar-refractivity contribution in [2.75, 3.05) is 5.32 Å². The largest absolute Gasteiger partial charge is 0.467 e. The third-order valence-corrected chi connectivity index (χ3v) is 3.69. The number of hydrogen-bond acceptors (Lipinski definition) is 5. The molecule has 0 spiro atoms. The normalized spacial score (nSPS) is 10.4. The van der Waals surface area contributed by atoms with Crippen LogP contribution in [-0.4, -0.2) is 15.9 Å². The maximum absolute atomic E-state index is 12.2. The second-order valence-electron chi connectivity index (χ2n) is 5.00. The van der Waals surface area contributed by atoms with Gasteiger partial charge in [-0.05, 0) is 23.8 Å². The molecule has 3 rings (SSSR count). The molecule has 0 saturated heterocycles. The van der Waals surface area contributed by atoms with Crippen LogP contribution in [0.25, 0.3) is 0 Å². The van der Waals surface area contributed by atoms with E-state index in [1.54, 1.807) is 18.4 Å². The van der Waals surface area contributed by atoms with Crippen LogP contribution in [0.4, 0.5) is 5.82 Å². The SMILES string of the molecule is O=C(NCc1ccccc1Cl)c1cc(NCc2ccco2)ncn1. The molecule has 0 saturated carbocycles. The Labute approximate surface area is 143 Å². The van der Waals surface area contributed by atoms with Gasteiger partial charge in [0.25, 0.3) is 5.91 Å². The minimum Gasteiger partial charge on any atom is -0.467 e. The van der Waals surface area contributed by atoms with Crippen molar-refractivity contribution in [2.24, 2.45) is 0 Å². The van der Waals surface area contributed by atoms with Crippen LogP contribution in [0.5, 0.6) is 0 Å². The number of nitrogens with one attached hydrogen (secondary N) is 2.